The molecule has 1 aromatic carbocycles. The molecule has 0 bridgehead atoms. The van der Waals surface area contributed by atoms with Gasteiger partial charge in [0.15, 0.2) is 0 Å². The van der Waals surface area contributed by atoms with Crippen molar-refractivity contribution in [3.8, 4) is 22.5 Å². The highest BCUT2D eigenvalue weighted by molar-refractivity contribution is 5.95. The number of aromatic amines is 1. The van der Waals surface area contributed by atoms with Crippen LogP contribution in [0.15, 0.2) is 43.0 Å². The van der Waals surface area contributed by atoms with Crippen molar-refractivity contribution in [2.45, 2.75) is 26.1 Å². The van der Waals surface area contributed by atoms with Gasteiger partial charge < -0.3 is 9.64 Å². The molecule has 2 atom stereocenters. The van der Waals surface area contributed by atoms with E-state index in [0.717, 1.165) is 52.3 Å². The fourth-order valence-electron chi connectivity index (χ4n) is 3.97. The van der Waals surface area contributed by atoms with E-state index >= 15 is 0 Å². The normalized spacial score (nSPS) is 19.8. The summed E-state index contributed by atoms with van der Waals surface area (Å²) in [6.07, 6.45) is 5.83. The Labute approximate surface area is 168 Å². The Hall–Kier alpha value is -3.26. The molecule has 0 saturated carbocycles. The molecule has 1 aliphatic rings. The molecule has 0 aliphatic carbocycles. The molecule has 4 heterocycles. The van der Waals surface area contributed by atoms with E-state index in [0.29, 0.717) is 0 Å². The standard InChI is InChI=1S/C21H23N7O/c1-13-9-28(10-14(2)29-13)20-7-19(22-12-23-20)21-17-6-15(4-5-18(17)25-26-21)16-8-24-27(3)11-16/h4-8,11-14H,9-10H2,1-3H3,(H,25,26). The zero-order chi connectivity index (χ0) is 20.0. The predicted molar refractivity (Wildman–Crippen MR) is 112 cm³/mol. The van der Waals surface area contributed by atoms with E-state index < -0.39 is 0 Å². The summed E-state index contributed by atoms with van der Waals surface area (Å²) in [5.41, 5.74) is 4.76. The van der Waals surface area contributed by atoms with Gasteiger partial charge >= 0.3 is 0 Å². The zero-order valence-electron chi connectivity index (χ0n) is 16.7. The van der Waals surface area contributed by atoms with Crippen molar-refractivity contribution >= 4 is 16.7 Å². The summed E-state index contributed by atoms with van der Waals surface area (Å²) in [6, 6.07) is 8.26. The summed E-state index contributed by atoms with van der Waals surface area (Å²) in [5.74, 6) is 0.900. The smallest absolute Gasteiger partial charge is 0.132 e. The summed E-state index contributed by atoms with van der Waals surface area (Å²) >= 11 is 0. The van der Waals surface area contributed by atoms with Gasteiger partial charge in [0, 0.05) is 43.4 Å². The molecule has 5 rings (SSSR count). The van der Waals surface area contributed by atoms with Crippen molar-refractivity contribution in [3.05, 3.63) is 43.0 Å². The average molecular weight is 389 g/mol. The second-order valence-electron chi connectivity index (χ2n) is 7.66. The van der Waals surface area contributed by atoms with E-state index in [4.69, 9.17) is 4.74 Å². The second kappa shape index (κ2) is 6.97. The van der Waals surface area contributed by atoms with Crippen LogP contribution in [-0.2, 0) is 11.8 Å². The molecule has 2 unspecified atom stereocenters. The quantitative estimate of drug-likeness (QED) is 0.580. The van der Waals surface area contributed by atoms with E-state index in [2.05, 4.69) is 56.1 Å². The zero-order valence-corrected chi connectivity index (χ0v) is 16.7. The number of ether oxygens (including phenoxy) is 1. The number of fused-ring (bicyclic) bond motifs is 1. The highest BCUT2D eigenvalue weighted by Gasteiger charge is 2.24. The molecular formula is C21H23N7O. The van der Waals surface area contributed by atoms with Gasteiger partial charge in [-0.05, 0) is 31.5 Å². The van der Waals surface area contributed by atoms with Crippen LogP contribution in [0.2, 0.25) is 0 Å². The minimum absolute atomic E-state index is 0.172. The summed E-state index contributed by atoms with van der Waals surface area (Å²) < 4.78 is 7.65. The third-order valence-corrected chi connectivity index (χ3v) is 5.24. The predicted octanol–water partition coefficient (Wildman–Crippen LogP) is 3.03. The molecule has 1 fully saturated rings. The number of H-pyrrole nitrogens is 1. The van der Waals surface area contributed by atoms with Gasteiger partial charge in [0.05, 0.1) is 29.6 Å². The third-order valence-electron chi connectivity index (χ3n) is 5.24. The highest BCUT2D eigenvalue weighted by atomic mass is 16.5. The van der Waals surface area contributed by atoms with E-state index in [1.807, 2.05) is 31.6 Å². The maximum absolute atomic E-state index is 5.85. The third kappa shape index (κ3) is 3.36. The summed E-state index contributed by atoms with van der Waals surface area (Å²) in [7, 11) is 1.92. The molecule has 4 aromatic rings. The lowest BCUT2D eigenvalue weighted by Crippen LogP contribution is -2.45. The van der Waals surface area contributed by atoms with Crippen LogP contribution >= 0.6 is 0 Å². The number of nitrogens with one attached hydrogen (secondary N) is 1. The minimum atomic E-state index is 0.172. The van der Waals surface area contributed by atoms with Crippen molar-refractivity contribution in [3.63, 3.8) is 0 Å². The SMILES string of the molecule is CC1CN(c2cc(-c3n[nH]c4ccc(-c5cnn(C)c5)cc34)ncn2)CC(C)O1. The number of morpholine rings is 1. The number of nitrogens with zero attached hydrogens (tertiary/aromatic N) is 6. The van der Waals surface area contributed by atoms with Gasteiger partial charge in [-0.1, -0.05) is 6.07 Å². The molecule has 0 spiro atoms. The fraction of sp³-hybridized carbons (Fsp3) is 0.333. The van der Waals surface area contributed by atoms with Gasteiger partial charge in [0.25, 0.3) is 0 Å². The van der Waals surface area contributed by atoms with E-state index in [1.54, 1.807) is 11.0 Å². The first kappa shape index (κ1) is 17.8. The summed E-state index contributed by atoms with van der Waals surface area (Å²) in [6.45, 7) is 5.80. The fourth-order valence-corrected chi connectivity index (χ4v) is 3.97. The van der Waals surface area contributed by atoms with Crippen LogP contribution in [0.4, 0.5) is 5.82 Å². The molecule has 8 heteroatoms. The number of hydrogen-bond acceptors (Lipinski definition) is 6. The van der Waals surface area contributed by atoms with Crippen molar-refractivity contribution in [2.24, 2.45) is 7.05 Å². The second-order valence-corrected chi connectivity index (χ2v) is 7.66. The summed E-state index contributed by atoms with van der Waals surface area (Å²) in [4.78, 5) is 11.3. The van der Waals surface area contributed by atoms with Crippen LogP contribution in [0.3, 0.4) is 0 Å². The number of aryl methyl sites for hydroxylation is 1. The summed E-state index contributed by atoms with van der Waals surface area (Å²) in [5, 5.41) is 13.0. The van der Waals surface area contributed by atoms with Crippen molar-refractivity contribution < 1.29 is 4.74 Å². The Morgan fingerprint density at radius 1 is 1.07 bits per heavy atom. The number of aromatic nitrogens is 6. The molecule has 148 valence electrons. The lowest BCUT2D eigenvalue weighted by atomic mass is 10.1. The average Bonchev–Trinajstić information content (AvgIpc) is 3.33. The monoisotopic (exact) mass is 389 g/mol. The number of anilines is 1. The first-order chi connectivity index (χ1) is 14.1. The Morgan fingerprint density at radius 2 is 1.90 bits per heavy atom. The maximum atomic E-state index is 5.85. The van der Waals surface area contributed by atoms with E-state index in [1.165, 1.54) is 0 Å². The number of rotatable bonds is 3. The van der Waals surface area contributed by atoms with Crippen LogP contribution in [0, 0.1) is 0 Å². The van der Waals surface area contributed by atoms with Crippen LogP contribution in [0.5, 0.6) is 0 Å². The largest absolute Gasteiger partial charge is 0.372 e. The molecule has 1 N–H and O–H groups in total. The maximum Gasteiger partial charge on any atom is 0.132 e. The lowest BCUT2D eigenvalue weighted by molar-refractivity contribution is -0.00546. The number of hydrogen-bond donors (Lipinski definition) is 1. The Bertz CT molecular complexity index is 1150. The van der Waals surface area contributed by atoms with Gasteiger partial charge in [-0.25, -0.2) is 9.97 Å². The van der Waals surface area contributed by atoms with E-state index in [9.17, 15) is 0 Å². The first-order valence-corrected chi connectivity index (χ1v) is 9.77. The molecule has 8 nitrogen and oxygen atoms in total. The van der Waals surface area contributed by atoms with Gasteiger partial charge in [-0.2, -0.15) is 10.2 Å². The van der Waals surface area contributed by atoms with Crippen molar-refractivity contribution in [1.82, 2.24) is 29.9 Å². The van der Waals surface area contributed by atoms with Gasteiger partial charge in [0.2, 0.25) is 0 Å². The molecule has 1 aliphatic heterocycles. The highest BCUT2D eigenvalue weighted by Crippen LogP contribution is 2.30. The van der Waals surface area contributed by atoms with Crippen LogP contribution in [0.1, 0.15) is 13.8 Å². The Kier molecular flexibility index (Phi) is 4.28. The molecule has 0 radical (unpaired) electrons. The van der Waals surface area contributed by atoms with Crippen LogP contribution < -0.4 is 4.90 Å². The van der Waals surface area contributed by atoms with Gasteiger partial charge in [-0.3, -0.25) is 9.78 Å². The Morgan fingerprint density at radius 3 is 2.66 bits per heavy atom. The molecule has 29 heavy (non-hydrogen) atoms. The molecule has 0 amide bonds. The number of benzene rings is 1. The lowest BCUT2D eigenvalue weighted by Gasteiger charge is -2.36. The first-order valence-electron chi connectivity index (χ1n) is 9.77. The van der Waals surface area contributed by atoms with E-state index in [-0.39, 0.29) is 12.2 Å². The van der Waals surface area contributed by atoms with Crippen molar-refractivity contribution in [2.75, 3.05) is 18.0 Å². The van der Waals surface area contributed by atoms with Crippen LogP contribution in [-0.4, -0.2) is 55.2 Å². The van der Waals surface area contributed by atoms with Gasteiger partial charge in [-0.15, -0.1) is 0 Å². The van der Waals surface area contributed by atoms with Gasteiger partial charge in [0.1, 0.15) is 17.8 Å². The van der Waals surface area contributed by atoms with Crippen LogP contribution in [0.25, 0.3) is 33.4 Å². The molecule has 3 aromatic heterocycles. The molecule has 1 saturated heterocycles. The van der Waals surface area contributed by atoms with Crippen molar-refractivity contribution in [1.29, 1.82) is 0 Å². The Balaban J connectivity index is 1.54. The topological polar surface area (TPSA) is 84.8 Å². The minimum Gasteiger partial charge on any atom is -0.372 e. The molecular weight excluding hydrogens is 366 g/mol.